The highest BCUT2D eigenvalue weighted by Gasteiger charge is 2.22. The maximum absolute atomic E-state index is 11.8. The van der Waals surface area contributed by atoms with Gasteiger partial charge in [0.1, 0.15) is 6.61 Å². The molecule has 0 bridgehead atoms. The number of alkyl carbamates (subject to hydrolysis) is 1. The zero-order valence-corrected chi connectivity index (χ0v) is 13.7. The summed E-state index contributed by atoms with van der Waals surface area (Å²) in [6.45, 7) is 0.0890. The van der Waals surface area contributed by atoms with E-state index in [1.165, 1.54) is 0 Å². The second-order valence-corrected chi connectivity index (χ2v) is 5.77. The van der Waals surface area contributed by atoms with Crippen LogP contribution in [0, 0.1) is 3.57 Å². The number of aliphatic carboxylic acids is 1. The highest BCUT2D eigenvalue weighted by molar-refractivity contribution is 14.1. The molecule has 0 radical (unpaired) electrons. The Morgan fingerprint density at radius 2 is 1.73 bits per heavy atom. The molecule has 0 aliphatic heterocycles. The molecule has 1 atom stereocenters. The topological polar surface area (TPSA) is 75.6 Å². The van der Waals surface area contributed by atoms with Crippen molar-refractivity contribution in [3.63, 3.8) is 0 Å². The molecule has 0 saturated heterocycles. The van der Waals surface area contributed by atoms with E-state index in [9.17, 15) is 14.7 Å². The van der Waals surface area contributed by atoms with Crippen LogP contribution in [-0.4, -0.2) is 17.2 Å². The lowest BCUT2D eigenvalue weighted by Crippen LogP contribution is -2.34. The van der Waals surface area contributed by atoms with Crippen molar-refractivity contribution in [2.75, 3.05) is 0 Å². The van der Waals surface area contributed by atoms with Crippen molar-refractivity contribution in [2.45, 2.75) is 12.6 Å². The van der Waals surface area contributed by atoms with E-state index in [0.29, 0.717) is 5.56 Å². The van der Waals surface area contributed by atoms with Gasteiger partial charge in [-0.25, -0.2) is 9.59 Å². The largest absolute Gasteiger partial charge is 0.479 e. The third kappa shape index (κ3) is 4.73. The van der Waals surface area contributed by atoms with Gasteiger partial charge >= 0.3 is 12.1 Å². The highest BCUT2D eigenvalue weighted by Crippen LogP contribution is 2.16. The lowest BCUT2D eigenvalue weighted by molar-refractivity contribution is -0.139. The number of benzene rings is 2. The van der Waals surface area contributed by atoms with Crippen LogP contribution in [-0.2, 0) is 16.1 Å². The fourth-order valence-corrected chi connectivity index (χ4v) is 2.19. The van der Waals surface area contributed by atoms with E-state index in [-0.39, 0.29) is 6.61 Å². The van der Waals surface area contributed by atoms with Crippen molar-refractivity contribution in [3.8, 4) is 0 Å². The number of halogens is 1. The van der Waals surface area contributed by atoms with Gasteiger partial charge in [0.15, 0.2) is 6.04 Å². The summed E-state index contributed by atoms with van der Waals surface area (Å²) < 4.78 is 6.02. The van der Waals surface area contributed by atoms with Gasteiger partial charge < -0.3 is 15.2 Å². The molecule has 0 saturated carbocycles. The van der Waals surface area contributed by atoms with Gasteiger partial charge in [0, 0.05) is 3.57 Å². The second-order valence-electron chi connectivity index (χ2n) is 4.53. The Hall–Kier alpha value is -2.09. The predicted molar refractivity (Wildman–Crippen MR) is 89.3 cm³/mol. The first-order valence-corrected chi connectivity index (χ1v) is 7.59. The number of carbonyl (C=O) groups is 2. The fourth-order valence-electron chi connectivity index (χ4n) is 1.83. The summed E-state index contributed by atoms with van der Waals surface area (Å²) in [6, 6.07) is 14.9. The Balaban J connectivity index is 1.97. The van der Waals surface area contributed by atoms with Gasteiger partial charge in [-0.05, 0) is 45.9 Å². The number of rotatable bonds is 5. The van der Waals surface area contributed by atoms with Crippen LogP contribution in [0.3, 0.4) is 0 Å². The Labute approximate surface area is 141 Å². The van der Waals surface area contributed by atoms with E-state index in [4.69, 9.17) is 4.74 Å². The molecule has 2 rings (SSSR count). The first-order valence-electron chi connectivity index (χ1n) is 6.52. The minimum Gasteiger partial charge on any atom is -0.479 e. The SMILES string of the molecule is O=C(NC(C(=O)O)c1ccc(I)cc1)OCc1ccccc1. The third-order valence-corrected chi connectivity index (χ3v) is 3.64. The number of carbonyl (C=O) groups excluding carboxylic acids is 1. The number of hydrogen-bond donors (Lipinski definition) is 2. The van der Waals surface area contributed by atoms with Crippen molar-refractivity contribution >= 4 is 34.7 Å². The van der Waals surface area contributed by atoms with Crippen LogP contribution in [0.4, 0.5) is 4.79 Å². The van der Waals surface area contributed by atoms with Gasteiger partial charge in [-0.15, -0.1) is 0 Å². The van der Waals surface area contributed by atoms with Crippen LogP contribution in [0.15, 0.2) is 54.6 Å². The van der Waals surface area contributed by atoms with Gasteiger partial charge in [0.25, 0.3) is 0 Å². The number of hydrogen-bond acceptors (Lipinski definition) is 3. The normalized spacial score (nSPS) is 11.5. The molecule has 1 unspecified atom stereocenters. The molecule has 2 aromatic rings. The molecule has 2 N–H and O–H groups in total. The summed E-state index contributed by atoms with van der Waals surface area (Å²) in [5.41, 5.74) is 1.32. The quantitative estimate of drug-likeness (QED) is 0.741. The van der Waals surface area contributed by atoms with E-state index < -0.39 is 18.1 Å². The minimum atomic E-state index is -1.14. The monoisotopic (exact) mass is 411 g/mol. The van der Waals surface area contributed by atoms with E-state index in [1.54, 1.807) is 24.3 Å². The van der Waals surface area contributed by atoms with Gasteiger partial charge in [0.05, 0.1) is 0 Å². The van der Waals surface area contributed by atoms with E-state index in [1.807, 2.05) is 30.3 Å². The number of amides is 1. The third-order valence-electron chi connectivity index (χ3n) is 2.93. The molecule has 0 aliphatic rings. The standard InChI is InChI=1S/C16H14INO4/c17-13-8-6-12(7-9-13)14(15(19)20)18-16(21)22-10-11-4-2-1-3-5-11/h1-9,14H,10H2,(H,18,21)(H,19,20). The summed E-state index contributed by atoms with van der Waals surface area (Å²) in [7, 11) is 0. The van der Waals surface area contributed by atoms with Crippen molar-refractivity contribution in [3.05, 3.63) is 69.3 Å². The van der Waals surface area contributed by atoms with E-state index in [0.717, 1.165) is 9.13 Å². The molecule has 0 heterocycles. The summed E-state index contributed by atoms with van der Waals surface area (Å²) in [5, 5.41) is 11.6. The average molecular weight is 411 g/mol. The molecule has 22 heavy (non-hydrogen) atoms. The molecular weight excluding hydrogens is 397 g/mol. The fraction of sp³-hybridized carbons (Fsp3) is 0.125. The molecule has 1 amide bonds. The van der Waals surface area contributed by atoms with Gasteiger partial charge in [-0.2, -0.15) is 0 Å². The molecule has 114 valence electrons. The summed E-state index contributed by atoms with van der Waals surface area (Å²) in [4.78, 5) is 23.1. The smallest absolute Gasteiger partial charge is 0.408 e. The summed E-state index contributed by atoms with van der Waals surface area (Å²) >= 11 is 2.12. The zero-order chi connectivity index (χ0) is 15.9. The van der Waals surface area contributed by atoms with Crippen molar-refractivity contribution in [1.29, 1.82) is 0 Å². The van der Waals surface area contributed by atoms with E-state index in [2.05, 4.69) is 27.9 Å². The van der Waals surface area contributed by atoms with Crippen molar-refractivity contribution in [2.24, 2.45) is 0 Å². The Morgan fingerprint density at radius 3 is 2.32 bits per heavy atom. The number of ether oxygens (including phenoxy) is 1. The minimum absolute atomic E-state index is 0.0890. The van der Waals surface area contributed by atoms with Crippen LogP contribution in [0.2, 0.25) is 0 Å². The zero-order valence-electron chi connectivity index (χ0n) is 11.5. The van der Waals surface area contributed by atoms with Crippen LogP contribution in [0.5, 0.6) is 0 Å². The number of carboxylic acid groups (broad SMARTS) is 1. The average Bonchev–Trinajstić information content (AvgIpc) is 2.52. The first kappa shape index (κ1) is 16.3. The predicted octanol–water partition coefficient (Wildman–Crippen LogP) is 3.34. The van der Waals surface area contributed by atoms with Crippen molar-refractivity contribution < 1.29 is 19.4 Å². The van der Waals surface area contributed by atoms with Crippen LogP contribution >= 0.6 is 22.6 Å². The highest BCUT2D eigenvalue weighted by atomic mass is 127. The summed E-state index contributed by atoms with van der Waals surface area (Å²) in [6.07, 6.45) is -0.769. The number of carboxylic acids is 1. The number of nitrogens with one attached hydrogen (secondary N) is 1. The molecule has 2 aromatic carbocycles. The van der Waals surface area contributed by atoms with Crippen LogP contribution < -0.4 is 5.32 Å². The van der Waals surface area contributed by atoms with Gasteiger partial charge in [-0.3, -0.25) is 0 Å². The van der Waals surface area contributed by atoms with Crippen LogP contribution in [0.25, 0.3) is 0 Å². The molecular formula is C16H14INO4. The van der Waals surface area contributed by atoms with Gasteiger partial charge in [-0.1, -0.05) is 42.5 Å². The van der Waals surface area contributed by atoms with Gasteiger partial charge in [0.2, 0.25) is 0 Å². The maximum Gasteiger partial charge on any atom is 0.408 e. The van der Waals surface area contributed by atoms with Crippen molar-refractivity contribution in [1.82, 2.24) is 5.32 Å². The second kappa shape index (κ2) is 7.79. The lowest BCUT2D eigenvalue weighted by Gasteiger charge is -2.15. The summed E-state index contributed by atoms with van der Waals surface area (Å²) in [5.74, 6) is -1.14. The molecule has 0 aliphatic carbocycles. The first-order chi connectivity index (χ1) is 10.6. The molecule has 5 nitrogen and oxygen atoms in total. The molecule has 0 fully saturated rings. The Bertz CT molecular complexity index is 643. The Kier molecular flexibility index (Phi) is 5.76. The molecule has 6 heteroatoms. The maximum atomic E-state index is 11.8. The Morgan fingerprint density at radius 1 is 1.09 bits per heavy atom. The lowest BCUT2D eigenvalue weighted by atomic mass is 10.1. The van der Waals surface area contributed by atoms with Crippen LogP contribution in [0.1, 0.15) is 17.2 Å². The molecule has 0 spiro atoms. The van der Waals surface area contributed by atoms with E-state index >= 15 is 0 Å². The molecule has 0 aromatic heterocycles.